The average molecular weight is 744 g/mol. The van der Waals surface area contributed by atoms with Gasteiger partial charge in [-0.1, -0.05) is 31.2 Å². The zero-order valence-electron chi connectivity index (χ0n) is 28.8. The number of rotatable bonds is 10. The number of para-hydroxylation sites is 2. The van der Waals surface area contributed by atoms with Crippen molar-refractivity contribution in [2.75, 3.05) is 44.7 Å². The van der Waals surface area contributed by atoms with Crippen molar-refractivity contribution in [1.29, 1.82) is 0 Å². The van der Waals surface area contributed by atoms with Crippen molar-refractivity contribution < 1.29 is 19.1 Å². The molecule has 276 valence electrons. The third-order valence-electron chi connectivity index (χ3n) is 7.12. The van der Waals surface area contributed by atoms with Crippen LogP contribution in [0.15, 0.2) is 61.2 Å². The summed E-state index contributed by atoms with van der Waals surface area (Å²) in [5.74, 6) is 1.49. The van der Waals surface area contributed by atoms with Gasteiger partial charge in [0.05, 0.1) is 48.1 Å². The predicted molar refractivity (Wildman–Crippen MR) is 200 cm³/mol. The summed E-state index contributed by atoms with van der Waals surface area (Å²) in [6, 6.07) is 14.0. The number of aryl methyl sites for hydroxylation is 2. The molecule has 0 bridgehead atoms. The molecule has 2 amide bonds. The van der Waals surface area contributed by atoms with Crippen molar-refractivity contribution in [2.24, 2.45) is 14.1 Å². The first-order chi connectivity index (χ1) is 25.1. The third kappa shape index (κ3) is 8.89. The van der Waals surface area contributed by atoms with E-state index in [0.29, 0.717) is 57.0 Å². The number of amides is 2. The molecule has 53 heavy (non-hydrogen) atoms. The van der Waals surface area contributed by atoms with Gasteiger partial charge in [0.1, 0.15) is 18.5 Å². The van der Waals surface area contributed by atoms with Crippen molar-refractivity contribution >= 4 is 52.0 Å². The molecule has 0 saturated carbocycles. The molecule has 2 aromatic carbocycles. The molecular weight excluding hydrogens is 706 g/mol. The Bertz CT molecular complexity index is 2070. The summed E-state index contributed by atoms with van der Waals surface area (Å²) in [7, 11) is 9.68. The SMILES string of the molecule is C.CNC(=O)c1nnc(Cl)cc1Nc1cccc(-c2ncn(C)n2)c1OC.CNC(=O)c1nnc(N)cc1Nc1cccc(-c2ncn(C)n2)c1OC. The lowest BCUT2D eigenvalue weighted by atomic mass is 10.1. The first-order valence-electron chi connectivity index (χ1n) is 15.3. The van der Waals surface area contributed by atoms with Gasteiger partial charge in [0, 0.05) is 40.3 Å². The van der Waals surface area contributed by atoms with Crippen molar-refractivity contribution in [2.45, 2.75) is 7.43 Å². The highest BCUT2D eigenvalue weighted by atomic mass is 35.5. The van der Waals surface area contributed by atoms with Crippen LogP contribution in [0.5, 0.6) is 11.5 Å². The van der Waals surface area contributed by atoms with E-state index in [9.17, 15) is 9.59 Å². The van der Waals surface area contributed by atoms with E-state index in [4.69, 9.17) is 26.8 Å². The quantitative estimate of drug-likeness (QED) is 0.135. The number of aromatic nitrogens is 10. The summed E-state index contributed by atoms with van der Waals surface area (Å²) >= 11 is 5.94. The van der Waals surface area contributed by atoms with Crippen LogP contribution in [-0.4, -0.2) is 90.1 Å². The van der Waals surface area contributed by atoms with Gasteiger partial charge in [-0.2, -0.15) is 10.2 Å². The fourth-order valence-corrected chi connectivity index (χ4v) is 4.96. The Morgan fingerprint density at radius 1 is 0.698 bits per heavy atom. The molecule has 6 rings (SSSR count). The van der Waals surface area contributed by atoms with Crippen molar-refractivity contribution in [3.63, 3.8) is 0 Å². The van der Waals surface area contributed by atoms with Crippen molar-refractivity contribution in [3.05, 3.63) is 77.7 Å². The van der Waals surface area contributed by atoms with E-state index in [0.717, 1.165) is 0 Å². The number of hydrogen-bond acceptors (Lipinski definition) is 15. The van der Waals surface area contributed by atoms with Gasteiger partial charge in [0.2, 0.25) is 0 Å². The maximum atomic E-state index is 12.0. The number of hydrogen-bond donors (Lipinski definition) is 5. The van der Waals surface area contributed by atoms with E-state index >= 15 is 0 Å². The highest BCUT2D eigenvalue weighted by Gasteiger charge is 2.20. The number of nitrogens with zero attached hydrogens (tertiary/aromatic N) is 10. The lowest BCUT2D eigenvalue weighted by Crippen LogP contribution is -2.21. The van der Waals surface area contributed by atoms with Crippen LogP contribution >= 0.6 is 11.6 Å². The van der Waals surface area contributed by atoms with Crippen LogP contribution in [0.3, 0.4) is 0 Å². The molecule has 0 radical (unpaired) electrons. The number of nitrogens with one attached hydrogen (secondary N) is 4. The van der Waals surface area contributed by atoms with Gasteiger partial charge in [0.25, 0.3) is 11.8 Å². The highest BCUT2D eigenvalue weighted by Crippen LogP contribution is 2.38. The summed E-state index contributed by atoms with van der Waals surface area (Å²) in [5.41, 5.74) is 9.36. The number of ether oxygens (including phenoxy) is 2. The molecule has 0 aliphatic rings. The summed E-state index contributed by atoms with van der Waals surface area (Å²) < 4.78 is 14.3. The predicted octanol–water partition coefficient (Wildman–Crippen LogP) is 3.64. The normalized spacial score (nSPS) is 10.2. The minimum absolute atomic E-state index is 0. The third-order valence-corrected chi connectivity index (χ3v) is 7.30. The number of benzene rings is 2. The summed E-state index contributed by atoms with van der Waals surface area (Å²) in [4.78, 5) is 32.6. The van der Waals surface area contributed by atoms with E-state index in [1.54, 1.807) is 62.5 Å². The maximum Gasteiger partial charge on any atom is 0.273 e. The molecule has 4 aromatic heterocycles. The van der Waals surface area contributed by atoms with E-state index in [1.165, 1.54) is 26.2 Å². The molecule has 0 spiro atoms. The minimum atomic E-state index is -0.391. The first kappa shape index (κ1) is 38.9. The standard InChI is InChI=1S/C16H16ClN7O2.C16H18N8O2.CH4/c2*1-18-16(25)13-11(7-12(17)21-22-13)20-10-6-4-5-9(14(10)26-3)15-19-8-24(2)23-15;/h4-8H,1-3H3,(H,18,25)(H,20,21);4-8H,1-3H3,(H,18,25)(H3,17,20,21);1H4. The Morgan fingerprint density at radius 3 is 1.57 bits per heavy atom. The van der Waals surface area contributed by atoms with Gasteiger partial charge < -0.3 is 36.5 Å². The zero-order valence-corrected chi connectivity index (χ0v) is 29.6. The molecule has 20 heteroatoms. The number of carbonyl (C=O) groups is 2. The molecule has 0 aliphatic heterocycles. The second-order valence-electron chi connectivity index (χ2n) is 10.6. The monoisotopic (exact) mass is 743 g/mol. The Hall–Kier alpha value is -6.89. The maximum absolute atomic E-state index is 12.0. The fourth-order valence-electron chi connectivity index (χ4n) is 4.82. The number of anilines is 5. The van der Waals surface area contributed by atoms with Crippen LogP contribution in [0.2, 0.25) is 5.15 Å². The summed E-state index contributed by atoms with van der Waals surface area (Å²) in [6.07, 6.45) is 3.21. The van der Waals surface area contributed by atoms with Gasteiger partial charge in [-0.15, -0.1) is 20.4 Å². The Labute approximate surface area is 309 Å². The lowest BCUT2D eigenvalue weighted by molar-refractivity contribution is 0.0950. The molecule has 0 atom stereocenters. The molecule has 6 N–H and O–H groups in total. The smallest absolute Gasteiger partial charge is 0.273 e. The van der Waals surface area contributed by atoms with E-state index in [2.05, 4.69) is 61.8 Å². The van der Waals surface area contributed by atoms with Gasteiger partial charge in [0.15, 0.2) is 39.7 Å². The molecule has 0 fully saturated rings. The minimum Gasteiger partial charge on any atom is -0.494 e. The Kier molecular flexibility index (Phi) is 12.7. The summed E-state index contributed by atoms with van der Waals surface area (Å²) in [5, 5.41) is 35.2. The Morgan fingerprint density at radius 2 is 1.15 bits per heavy atom. The molecule has 0 saturated heterocycles. The van der Waals surface area contributed by atoms with E-state index in [1.807, 2.05) is 24.3 Å². The lowest BCUT2D eigenvalue weighted by Gasteiger charge is -2.15. The van der Waals surface area contributed by atoms with Crippen LogP contribution in [0.4, 0.5) is 28.6 Å². The second kappa shape index (κ2) is 17.4. The molecule has 0 unspecified atom stereocenters. The first-order valence-corrected chi connectivity index (χ1v) is 15.6. The fraction of sp³-hybridized carbons (Fsp3) is 0.212. The summed E-state index contributed by atoms with van der Waals surface area (Å²) in [6.45, 7) is 0. The highest BCUT2D eigenvalue weighted by molar-refractivity contribution is 6.29. The van der Waals surface area contributed by atoms with Gasteiger partial charge >= 0.3 is 0 Å². The average Bonchev–Trinajstić information content (AvgIpc) is 3.79. The molecule has 19 nitrogen and oxygen atoms in total. The number of nitrogens with two attached hydrogens (primary N) is 1. The van der Waals surface area contributed by atoms with Crippen molar-refractivity contribution in [3.8, 4) is 34.3 Å². The zero-order chi connectivity index (χ0) is 37.4. The van der Waals surface area contributed by atoms with Crippen LogP contribution < -0.4 is 36.5 Å². The van der Waals surface area contributed by atoms with Crippen LogP contribution in [0, 0.1) is 0 Å². The largest absolute Gasteiger partial charge is 0.494 e. The van der Waals surface area contributed by atoms with Gasteiger partial charge in [-0.25, -0.2) is 9.97 Å². The molecule has 0 aliphatic carbocycles. The van der Waals surface area contributed by atoms with E-state index in [-0.39, 0.29) is 35.7 Å². The van der Waals surface area contributed by atoms with Crippen LogP contribution in [-0.2, 0) is 14.1 Å². The molecule has 6 aromatic rings. The van der Waals surface area contributed by atoms with Crippen LogP contribution in [0.1, 0.15) is 28.4 Å². The van der Waals surface area contributed by atoms with Crippen LogP contribution in [0.25, 0.3) is 22.8 Å². The second-order valence-corrected chi connectivity index (χ2v) is 11.0. The Balaban J connectivity index is 0.000000232. The number of halogens is 1. The van der Waals surface area contributed by atoms with Gasteiger partial charge in [-0.05, 0) is 24.3 Å². The number of methoxy groups -OCH3 is 2. The topological polar surface area (TPSA) is 240 Å². The molecule has 4 heterocycles. The number of carbonyl (C=O) groups excluding carboxylic acids is 2. The molecular formula is C33H38ClN15O4. The van der Waals surface area contributed by atoms with E-state index < -0.39 is 5.91 Å². The van der Waals surface area contributed by atoms with Gasteiger partial charge in [-0.3, -0.25) is 19.0 Å². The van der Waals surface area contributed by atoms with Crippen molar-refractivity contribution in [1.82, 2.24) is 60.6 Å². The number of nitrogen functional groups attached to an aromatic ring is 1.